The lowest BCUT2D eigenvalue weighted by molar-refractivity contribution is -0.450. The molecule has 2 nitrogen and oxygen atoms in total. The molecule has 2 aromatic carbocycles. The van der Waals surface area contributed by atoms with Gasteiger partial charge in [0, 0.05) is 0 Å². The smallest absolute Gasteiger partial charge is 0.422 e. The van der Waals surface area contributed by atoms with Gasteiger partial charge in [0.2, 0.25) is 0 Å². The van der Waals surface area contributed by atoms with Crippen LogP contribution in [0.15, 0.2) is 42.5 Å². The molecular weight excluding hydrogens is 533 g/mol. The second kappa shape index (κ2) is 8.08. The molecule has 0 aliphatic rings. The summed E-state index contributed by atoms with van der Waals surface area (Å²) in [6.45, 7) is 0. The highest BCUT2D eigenvalue weighted by atomic mass is 19.4. The Labute approximate surface area is 183 Å². The molecule has 0 aromatic heterocycles. The fourth-order valence-corrected chi connectivity index (χ4v) is 2.50. The predicted molar refractivity (Wildman–Crippen MR) is 85.3 cm³/mol. The number of carbonyl (C=O) groups excluding carboxylic acids is 1. The Hall–Kier alpha value is -2.88. The summed E-state index contributed by atoms with van der Waals surface area (Å²) in [6, 6.07) is 7.82. The zero-order valence-electron chi connectivity index (χ0n) is 16.0. The maximum Gasteiger partial charge on any atom is 0.460 e. The molecule has 2 aromatic rings. The molecule has 2 rings (SSSR count). The number of hydrogen-bond donors (Lipinski definition) is 0. The summed E-state index contributed by atoms with van der Waals surface area (Å²) in [4.78, 5) is 11.5. The summed E-state index contributed by atoms with van der Waals surface area (Å²) in [5.41, 5.74) is 0. The van der Waals surface area contributed by atoms with Gasteiger partial charge < -0.3 is 4.74 Å². The fraction of sp³-hybridized carbons (Fsp3) is 0.389. The molecule has 0 atom stereocenters. The summed E-state index contributed by atoms with van der Waals surface area (Å²) < 4.78 is 201. The first-order chi connectivity index (χ1) is 15.5. The monoisotopic (exact) mass is 540 g/mol. The van der Waals surface area contributed by atoms with Gasteiger partial charge in [0.25, 0.3) is 0 Å². The first-order valence-electron chi connectivity index (χ1n) is 8.51. The highest BCUT2D eigenvalue weighted by Gasteiger charge is 2.94. The molecule has 0 aliphatic heterocycles. The van der Waals surface area contributed by atoms with Crippen LogP contribution in [0.2, 0.25) is 0 Å². The number of hydrogen-bond acceptors (Lipinski definition) is 2. The minimum absolute atomic E-state index is 0.0822. The van der Waals surface area contributed by atoms with E-state index in [-0.39, 0.29) is 5.39 Å². The van der Waals surface area contributed by atoms with Crippen molar-refractivity contribution in [1.82, 2.24) is 0 Å². The highest BCUT2D eigenvalue weighted by Crippen LogP contribution is 2.62. The summed E-state index contributed by atoms with van der Waals surface area (Å²) in [7, 11) is 0. The average molecular weight is 540 g/mol. The van der Waals surface area contributed by atoms with E-state index in [0.717, 1.165) is 6.07 Å². The lowest BCUT2D eigenvalue weighted by atomic mass is 9.91. The molecule has 0 bridgehead atoms. The summed E-state index contributed by atoms with van der Waals surface area (Å²) in [6.07, 6.45) is -7.71. The van der Waals surface area contributed by atoms with Gasteiger partial charge in [0.1, 0.15) is 5.75 Å². The van der Waals surface area contributed by atoms with Gasteiger partial charge in [-0.15, -0.1) is 0 Å². The molecule has 0 fully saturated rings. The lowest BCUT2D eigenvalue weighted by Crippen LogP contribution is -2.73. The van der Waals surface area contributed by atoms with Crippen LogP contribution in [0.1, 0.15) is 0 Å². The van der Waals surface area contributed by atoms with Crippen LogP contribution in [0.3, 0.4) is 0 Å². The Morgan fingerprint density at radius 2 is 0.971 bits per heavy atom. The number of ether oxygens (including phenoxy) is 1. The van der Waals surface area contributed by atoms with Crippen LogP contribution in [0.5, 0.6) is 5.75 Å². The third kappa shape index (κ3) is 4.01. The molecule has 0 saturated carbocycles. The van der Waals surface area contributed by atoms with Crippen molar-refractivity contribution in [1.29, 1.82) is 0 Å². The Morgan fingerprint density at radius 1 is 0.543 bits per heavy atom. The molecule has 0 aliphatic carbocycles. The van der Waals surface area contributed by atoms with Crippen LogP contribution < -0.4 is 4.74 Å². The van der Waals surface area contributed by atoms with Crippen molar-refractivity contribution in [3.8, 4) is 5.75 Å². The van der Waals surface area contributed by atoms with E-state index in [0.29, 0.717) is 17.5 Å². The van der Waals surface area contributed by atoms with Crippen molar-refractivity contribution >= 4 is 16.7 Å². The maximum absolute atomic E-state index is 13.8. The Morgan fingerprint density at radius 3 is 1.46 bits per heavy atom. The van der Waals surface area contributed by atoms with Crippen LogP contribution >= 0.6 is 0 Å². The summed E-state index contributed by atoms with van der Waals surface area (Å²) in [5, 5.41) is 0.419. The first-order valence-corrected chi connectivity index (χ1v) is 8.51. The van der Waals surface area contributed by atoms with Gasteiger partial charge >= 0.3 is 47.7 Å². The van der Waals surface area contributed by atoms with Crippen LogP contribution in [-0.2, 0) is 4.79 Å². The van der Waals surface area contributed by atoms with Crippen LogP contribution in [-0.4, -0.2) is 47.7 Å². The van der Waals surface area contributed by atoms with Gasteiger partial charge in [0.15, 0.2) is 0 Å². The number of benzene rings is 2. The maximum atomic E-state index is 13.8. The number of esters is 1. The van der Waals surface area contributed by atoms with Crippen molar-refractivity contribution in [3.05, 3.63) is 42.5 Å². The van der Waals surface area contributed by atoms with Gasteiger partial charge in [-0.05, 0) is 22.9 Å². The van der Waals surface area contributed by atoms with E-state index in [1.165, 1.54) is 24.3 Å². The molecule has 196 valence electrons. The summed E-state index contributed by atoms with van der Waals surface area (Å²) in [5.74, 6) is -53.2. The topological polar surface area (TPSA) is 26.3 Å². The van der Waals surface area contributed by atoms with Gasteiger partial charge in [-0.3, -0.25) is 0 Å². The first kappa shape index (κ1) is 28.4. The lowest BCUT2D eigenvalue weighted by Gasteiger charge is -2.40. The quantitative estimate of drug-likeness (QED) is 0.213. The molecular formula is C18H7F15O2. The second-order valence-electron chi connectivity index (χ2n) is 6.84. The van der Waals surface area contributed by atoms with E-state index in [4.69, 9.17) is 0 Å². The van der Waals surface area contributed by atoms with E-state index in [1.54, 1.807) is 0 Å². The Balaban J connectivity index is 2.48. The SMILES string of the molecule is O=C(Oc1ccc2ccccc2c1)C(F)(F)C(F)(F)C(F)(F)C(F)(F)C(F)(F)C(F)(F)C(F)(F)F. The molecule has 0 amide bonds. The fourth-order valence-electron chi connectivity index (χ4n) is 2.50. The minimum Gasteiger partial charge on any atom is -0.422 e. The zero-order chi connectivity index (χ0) is 27.5. The van der Waals surface area contributed by atoms with E-state index >= 15 is 0 Å². The third-order valence-corrected chi connectivity index (χ3v) is 4.52. The largest absolute Gasteiger partial charge is 0.460 e. The molecule has 0 unspecified atom stereocenters. The van der Waals surface area contributed by atoms with Crippen molar-refractivity contribution in [2.24, 2.45) is 0 Å². The minimum atomic E-state index is -8.48. The molecule has 0 saturated heterocycles. The normalized spacial score (nSPS) is 14.8. The number of alkyl halides is 15. The van der Waals surface area contributed by atoms with E-state index in [9.17, 15) is 70.7 Å². The summed E-state index contributed by atoms with van der Waals surface area (Å²) >= 11 is 0. The number of rotatable bonds is 7. The van der Waals surface area contributed by atoms with Crippen molar-refractivity contribution in [2.75, 3.05) is 0 Å². The second-order valence-corrected chi connectivity index (χ2v) is 6.84. The third-order valence-electron chi connectivity index (χ3n) is 4.52. The van der Waals surface area contributed by atoms with Crippen molar-refractivity contribution < 1.29 is 75.4 Å². The van der Waals surface area contributed by atoms with Gasteiger partial charge in [-0.25, -0.2) is 4.79 Å². The zero-order valence-corrected chi connectivity index (χ0v) is 16.0. The average Bonchev–Trinajstić information content (AvgIpc) is 2.72. The van der Waals surface area contributed by atoms with Crippen LogP contribution in [0, 0.1) is 0 Å². The molecule has 0 spiro atoms. The van der Waals surface area contributed by atoms with Gasteiger partial charge in [-0.1, -0.05) is 30.3 Å². The number of fused-ring (bicyclic) bond motifs is 1. The Kier molecular flexibility index (Phi) is 6.54. The number of carbonyl (C=O) groups is 1. The molecule has 0 heterocycles. The van der Waals surface area contributed by atoms with Crippen LogP contribution in [0.25, 0.3) is 10.8 Å². The van der Waals surface area contributed by atoms with Crippen LogP contribution in [0.4, 0.5) is 65.9 Å². The van der Waals surface area contributed by atoms with E-state index in [2.05, 4.69) is 4.74 Å². The molecule has 17 heteroatoms. The van der Waals surface area contributed by atoms with Gasteiger partial charge in [-0.2, -0.15) is 65.9 Å². The highest BCUT2D eigenvalue weighted by molar-refractivity contribution is 5.86. The predicted octanol–water partition coefficient (Wildman–Crippen LogP) is 7.12. The van der Waals surface area contributed by atoms with Crippen molar-refractivity contribution in [2.45, 2.75) is 41.7 Å². The van der Waals surface area contributed by atoms with E-state index in [1.807, 2.05) is 0 Å². The number of halogens is 15. The van der Waals surface area contributed by atoms with Crippen molar-refractivity contribution in [3.63, 3.8) is 0 Å². The van der Waals surface area contributed by atoms with E-state index < -0.39 is 53.4 Å². The van der Waals surface area contributed by atoms with Gasteiger partial charge in [0.05, 0.1) is 0 Å². The molecule has 0 N–H and O–H groups in total. The standard InChI is InChI=1S/C18H7F15O2/c19-12(20,11(34)35-10-6-5-8-3-1-2-4-9(8)7-10)13(21,22)14(23,24)15(25,26)16(27,28)17(29,30)18(31,32)33/h1-7H. The molecule has 0 radical (unpaired) electrons. The Bertz CT molecular complexity index is 1100. The molecule has 35 heavy (non-hydrogen) atoms.